The van der Waals surface area contributed by atoms with Gasteiger partial charge in [0.15, 0.2) is 17.4 Å². The van der Waals surface area contributed by atoms with Crippen LogP contribution in [-0.4, -0.2) is 18.7 Å². The zero-order chi connectivity index (χ0) is 38.0. The van der Waals surface area contributed by atoms with Crippen molar-refractivity contribution in [3.63, 3.8) is 0 Å². The van der Waals surface area contributed by atoms with Crippen molar-refractivity contribution < 1.29 is 25.2 Å². The van der Waals surface area contributed by atoms with E-state index < -0.39 is 12.4 Å². The number of aromatic nitrogens is 4. The first-order chi connectivity index (χ1) is 26.5. The number of para-hydroxylation sites is 3. The summed E-state index contributed by atoms with van der Waals surface area (Å²) in [5.41, 5.74) is 8.32. The molecule has 6 aromatic carbocycles. The van der Waals surface area contributed by atoms with Crippen LogP contribution in [0.1, 0.15) is 52.7 Å². The van der Waals surface area contributed by atoms with Gasteiger partial charge in [0, 0.05) is 67.1 Å². The van der Waals surface area contributed by atoms with Crippen molar-refractivity contribution in [2.75, 3.05) is 0 Å². The second-order valence-electron chi connectivity index (χ2n) is 14.4. The summed E-state index contributed by atoms with van der Waals surface area (Å²) in [5.74, 6) is 0.840. The molecule has 0 saturated carbocycles. The molecular weight excluding hydrogens is 828 g/mol. The van der Waals surface area contributed by atoms with E-state index in [9.17, 15) is 0 Å². The van der Waals surface area contributed by atoms with Crippen molar-refractivity contribution >= 4 is 32.8 Å². The van der Waals surface area contributed by atoms with E-state index in [4.69, 9.17) is 9.10 Å². The van der Waals surface area contributed by atoms with Gasteiger partial charge in [-0.05, 0) is 57.8 Å². The fraction of sp³-hybridized carbons (Fsp3) is 0.125. The average molecular weight is 870 g/mol. The predicted octanol–water partition coefficient (Wildman–Crippen LogP) is 11.0. The Morgan fingerprint density at radius 2 is 1.25 bits per heavy atom. The maximum absolute atomic E-state index is 8.30. The quantitative estimate of drug-likeness (QED) is 0.121. The summed E-state index contributed by atoms with van der Waals surface area (Å²) in [6, 6.07) is 59.8. The maximum Gasteiger partial charge on any atom is 0.188 e. The molecule has 0 atom stereocenters. The normalized spacial score (nSPS) is 13.1. The number of fused-ring (bicyclic) bond motifs is 4. The first-order valence-corrected chi connectivity index (χ1v) is 17.6. The van der Waals surface area contributed by atoms with Gasteiger partial charge in [0.25, 0.3) is 0 Å². The van der Waals surface area contributed by atoms with Crippen molar-refractivity contribution in [3.05, 3.63) is 204 Å². The van der Waals surface area contributed by atoms with Crippen LogP contribution in [0.2, 0.25) is 0 Å². The number of hydrogen-bond donors (Lipinski definition) is 0. The molecule has 3 aromatic heterocycles. The van der Waals surface area contributed by atoms with Gasteiger partial charge in [-0.1, -0.05) is 111 Å². The van der Waals surface area contributed by atoms with Gasteiger partial charge in [-0.3, -0.25) is 0 Å². The van der Waals surface area contributed by atoms with Gasteiger partial charge < -0.3 is 4.57 Å². The molecule has 0 amide bonds. The number of benzene rings is 6. The standard InChI is InChI=1S/C48H39N4.Pt/c1-47(2,3)36-28-29-49-46(32-36)52-42-23-12-11-22-40(42)41-27-26-38(31-45(41)52)48(34-16-7-5-8-17-34,35-18-9-6-10-19-35)37-20-15-21-39(30-37)51-33-50(4)43-24-13-14-25-44(43)51;/h5-29,32-33H,1-4H3;/q-1;/i4D3;. The summed E-state index contributed by atoms with van der Waals surface area (Å²) >= 11 is 0. The van der Waals surface area contributed by atoms with Gasteiger partial charge in [0.05, 0.1) is 0 Å². The molecule has 0 aliphatic carbocycles. The molecule has 9 aromatic rings. The Morgan fingerprint density at radius 1 is 0.604 bits per heavy atom. The van der Waals surface area contributed by atoms with E-state index in [2.05, 4.69) is 141 Å². The smallest absolute Gasteiger partial charge is 0.188 e. The van der Waals surface area contributed by atoms with Crippen molar-refractivity contribution in [3.8, 4) is 11.5 Å². The number of rotatable bonds is 6. The molecule has 262 valence electrons. The van der Waals surface area contributed by atoms with Crippen LogP contribution in [0.25, 0.3) is 44.3 Å². The van der Waals surface area contributed by atoms with Gasteiger partial charge in [-0.25, -0.2) is 14.1 Å². The van der Waals surface area contributed by atoms with Crippen LogP contribution < -0.4 is 0 Å². The molecule has 0 N–H and O–H groups in total. The number of aryl methyl sites for hydroxylation is 1. The van der Waals surface area contributed by atoms with E-state index in [1.165, 1.54) is 10.1 Å². The summed E-state index contributed by atoms with van der Waals surface area (Å²) in [4.78, 5) is 4.94. The van der Waals surface area contributed by atoms with E-state index in [1.54, 1.807) is 6.33 Å². The molecular formula is C48H39N4Pt-. The van der Waals surface area contributed by atoms with Crippen LogP contribution in [0.3, 0.4) is 0 Å². The molecule has 0 unspecified atom stereocenters. The zero-order valence-electron chi connectivity index (χ0n) is 32.7. The third kappa shape index (κ3) is 5.64. The summed E-state index contributed by atoms with van der Waals surface area (Å²) in [6.07, 6.45) is 3.56. The molecule has 4 nitrogen and oxygen atoms in total. The fourth-order valence-electron chi connectivity index (χ4n) is 7.79. The Bertz CT molecular complexity index is 2810. The molecule has 0 aliphatic heterocycles. The molecule has 0 aliphatic rings. The van der Waals surface area contributed by atoms with Crippen molar-refractivity contribution in [1.82, 2.24) is 18.7 Å². The molecule has 0 fully saturated rings. The molecule has 0 radical (unpaired) electrons. The Kier molecular flexibility index (Phi) is 7.86. The first-order valence-electron chi connectivity index (χ1n) is 19.1. The molecule has 0 spiro atoms. The van der Waals surface area contributed by atoms with E-state index in [-0.39, 0.29) is 26.5 Å². The Balaban J connectivity index is 0.00000441. The average Bonchev–Trinajstić information content (AvgIpc) is 3.76. The predicted molar refractivity (Wildman–Crippen MR) is 213 cm³/mol. The number of nitrogens with zero attached hydrogens (tertiary/aromatic N) is 4. The molecule has 53 heavy (non-hydrogen) atoms. The summed E-state index contributed by atoms with van der Waals surface area (Å²) < 4.78 is 30.4. The van der Waals surface area contributed by atoms with Crippen molar-refractivity contribution in [1.29, 1.82) is 0 Å². The van der Waals surface area contributed by atoms with Gasteiger partial charge in [0.1, 0.15) is 5.82 Å². The van der Waals surface area contributed by atoms with Crippen LogP contribution in [0, 0.1) is 12.1 Å². The van der Waals surface area contributed by atoms with Gasteiger partial charge in [0.2, 0.25) is 0 Å². The third-order valence-electron chi connectivity index (χ3n) is 10.3. The first kappa shape index (κ1) is 31.0. The summed E-state index contributed by atoms with van der Waals surface area (Å²) in [5, 5.41) is 2.21. The minimum absolute atomic E-state index is 0. The number of hydrogen-bond acceptors (Lipinski definition) is 1. The van der Waals surface area contributed by atoms with E-state index in [0.29, 0.717) is 5.52 Å². The Morgan fingerprint density at radius 3 is 1.94 bits per heavy atom. The molecule has 9 rings (SSSR count). The van der Waals surface area contributed by atoms with E-state index in [1.807, 2.05) is 59.3 Å². The number of imidazole rings is 1. The second kappa shape index (κ2) is 13.4. The van der Waals surface area contributed by atoms with E-state index in [0.717, 1.165) is 61.1 Å². The number of pyridine rings is 1. The zero-order valence-corrected chi connectivity index (χ0v) is 32.0. The van der Waals surface area contributed by atoms with Crippen molar-refractivity contribution in [2.45, 2.75) is 31.6 Å². The fourth-order valence-corrected chi connectivity index (χ4v) is 7.79. The van der Waals surface area contributed by atoms with Crippen LogP contribution in [-0.2, 0) is 38.9 Å². The molecule has 3 heterocycles. The SMILES string of the molecule is [2H]C([2H])([2H])n1[cH+]n(-c2[c-]c(C(c3[c-]c4c(cc3)c3ccccc3n4-c3cc(C(C)(C)C)ccn3)(c3ccccc3)c3ccccc3)ccc2)c2ccccc21.[Pt]. The molecule has 5 heteroatoms. The minimum Gasteiger partial charge on any atom is -0.319 e. The third-order valence-corrected chi connectivity index (χ3v) is 10.3. The van der Waals surface area contributed by atoms with Gasteiger partial charge in [-0.15, -0.1) is 22.6 Å². The van der Waals surface area contributed by atoms with Crippen molar-refractivity contribution in [2.24, 2.45) is 6.98 Å². The largest absolute Gasteiger partial charge is 0.319 e. The van der Waals surface area contributed by atoms with Crippen LogP contribution in [0.15, 0.2) is 164 Å². The van der Waals surface area contributed by atoms with Gasteiger partial charge in [-0.2, -0.15) is 30.3 Å². The Hall–Kier alpha value is -5.57. The van der Waals surface area contributed by atoms with Crippen LogP contribution in [0.4, 0.5) is 0 Å². The topological polar surface area (TPSA) is 27.7 Å². The maximum atomic E-state index is 8.30. The van der Waals surface area contributed by atoms with Crippen LogP contribution >= 0.6 is 0 Å². The van der Waals surface area contributed by atoms with Gasteiger partial charge >= 0.3 is 0 Å². The minimum atomic E-state index is -2.36. The van der Waals surface area contributed by atoms with E-state index >= 15 is 0 Å². The Labute approximate surface area is 329 Å². The molecule has 0 saturated heterocycles. The molecule has 0 bridgehead atoms. The summed E-state index contributed by atoms with van der Waals surface area (Å²) in [7, 11) is 0. The second-order valence-corrected chi connectivity index (χ2v) is 14.4. The summed E-state index contributed by atoms with van der Waals surface area (Å²) in [6.45, 7) is 4.31. The monoisotopic (exact) mass is 869 g/mol. The van der Waals surface area contributed by atoms with Crippen LogP contribution in [0.5, 0.6) is 0 Å².